The van der Waals surface area contributed by atoms with Crippen LogP contribution in [-0.2, 0) is 10.0 Å². The van der Waals surface area contributed by atoms with E-state index in [1.807, 2.05) is 0 Å². The molecule has 7 heteroatoms. The fourth-order valence-corrected chi connectivity index (χ4v) is 1.73. The van der Waals surface area contributed by atoms with E-state index in [4.69, 9.17) is 0 Å². The lowest BCUT2D eigenvalue weighted by molar-refractivity contribution is 0.474. The molecule has 15 heavy (non-hydrogen) atoms. The maximum atomic E-state index is 11.3. The summed E-state index contributed by atoms with van der Waals surface area (Å²) >= 11 is 0. The summed E-state index contributed by atoms with van der Waals surface area (Å²) in [6, 6.07) is 3.85. The van der Waals surface area contributed by atoms with Crippen LogP contribution in [0.1, 0.15) is 0 Å². The first-order chi connectivity index (χ1) is 7.01. The number of phenolic OH excluding ortho intramolecular Hbond substituents is 1. The number of nitrogens with one attached hydrogen (secondary N) is 1. The van der Waals surface area contributed by atoms with Gasteiger partial charge in [-0.2, -0.15) is 10.2 Å². The van der Waals surface area contributed by atoms with Crippen LogP contribution >= 0.6 is 0 Å². The van der Waals surface area contributed by atoms with Crippen molar-refractivity contribution in [2.24, 2.45) is 10.2 Å². The third-order valence-corrected chi connectivity index (χ3v) is 3.15. The highest BCUT2D eigenvalue weighted by molar-refractivity contribution is 7.89. The summed E-state index contributed by atoms with van der Waals surface area (Å²) in [7, 11) is -0.781. The highest BCUT2D eigenvalue weighted by Crippen LogP contribution is 2.28. The van der Waals surface area contributed by atoms with E-state index in [9.17, 15) is 13.5 Å². The Bertz CT molecular complexity index is 482. The quantitative estimate of drug-likeness (QED) is 0.758. The van der Waals surface area contributed by atoms with Crippen molar-refractivity contribution in [1.29, 1.82) is 0 Å². The smallest absolute Gasteiger partial charge is 0.240 e. The molecule has 0 heterocycles. The van der Waals surface area contributed by atoms with Gasteiger partial charge in [0.1, 0.15) is 11.4 Å². The van der Waals surface area contributed by atoms with E-state index < -0.39 is 10.0 Å². The van der Waals surface area contributed by atoms with Gasteiger partial charge in [0.15, 0.2) is 0 Å². The van der Waals surface area contributed by atoms with E-state index in [0.717, 1.165) is 6.07 Å². The number of azo groups is 1. The summed E-state index contributed by atoms with van der Waals surface area (Å²) in [5, 5.41) is 16.5. The monoisotopic (exact) mass is 229 g/mol. The average Bonchev–Trinajstić information content (AvgIpc) is 2.21. The summed E-state index contributed by atoms with van der Waals surface area (Å²) in [6.45, 7) is 0. The average molecular weight is 229 g/mol. The Labute approximate surface area is 87.7 Å². The molecule has 1 aromatic carbocycles. The fraction of sp³-hybridized carbons (Fsp3) is 0.250. The van der Waals surface area contributed by atoms with Gasteiger partial charge in [-0.05, 0) is 19.2 Å². The summed E-state index contributed by atoms with van der Waals surface area (Å²) in [5.74, 6) is -0.225. The normalized spacial score (nSPS) is 12.1. The van der Waals surface area contributed by atoms with Crippen molar-refractivity contribution in [1.82, 2.24) is 4.72 Å². The molecule has 0 unspecified atom stereocenters. The number of rotatable bonds is 3. The van der Waals surface area contributed by atoms with Gasteiger partial charge in [0.05, 0.1) is 4.90 Å². The van der Waals surface area contributed by atoms with Crippen LogP contribution in [0.4, 0.5) is 5.69 Å². The van der Waals surface area contributed by atoms with Crippen LogP contribution in [0.5, 0.6) is 5.75 Å². The van der Waals surface area contributed by atoms with Crippen molar-refractivity contribution in [2.75, 3.05) is 14.1 Å². The van der Waals surface area contributed by atoms with Crippen LogP contribution in [0.15, 0.2) is 33.3 Å². The molecular formula is C8H11N3O3S. The van der Waals surface area contributed by atoms with E-state index in [0.29, 0.717) is 0 Å². The lowest BCUT2D eigenvalue weighted by Crippen LogP contribution is -2.18. The van der Waals surface area contributed by atoms with E-state index >= 15 is 0 Å². The van der Waals surface area contributed by atoms with Gasteiger partial charge < -0.3 is 5.11 Å². The van der Waals surface area contributed by atoms with Crippen molar-refractivity contribution in [3.8, 4) is 5.75 Å². The van der Waals surface area contributed by atoms with Crippen LogP contribution in [0.3, 0.4) is 0 Å². The Kier molecular flexibility index (Phi) is 3.38. The van der Waals surface area contributed by atoms with Crippen molar-refractivity contribution >= 4 is 15.7 Å². The molecule has 0 aliphatic rings. The summed E-state index contributed by atoms with van der Waals surface area (Å²) in [6.07, 6.45) is 0. The molecule has 0 aromatic heterocycles. The van der Waals surface area contributed by atoms with Crippen LogP contribution < -0.4 is 4.72 Å². The molecule has 0 bridgehead atoms. The second kappa shape index (κ2) is 4.37. The highest BCUT2D eigenvalue weighted by atomic mass is 32.2. The maximum Gasteiger partial charge on any atom is 0.240 e. The van der Waals surface area contributed by atoms with Crippen LogP contribution in [0, 0.1) is 0 Å². The first-order valence-corrected chi connectivity index (χ1v) is 5.56. The van der Waals surface area contributed by atoms with Crippen LogP contribution in [0.25, 0.3) is 0 Å². The zero-order chi connectivity index (χ0) is 11.5. The first kappa shape index (κ1) is 11.6. The minimum atomic E-state index is -3.53. The van der Waals surface area contributed by atoms with Crippen LogP contribution in [0.2, 0.25) is 0 Å². The third-order valence-electron chi connectivity index (χ3n) is 1.73. The van der Waals surface area contributed by atoms with Gasteiger partial charge in [-0.3, -0.25) is 0 Å². The molecule has 0 aliphatic carbocycles. The minimum absolute atomic E-state index is 0.0162. The second-order valence-electron chi connectivity index (χ2n) is 2.66. The predicted octanol–water partition coefficient (Wildman–Crippen LogP) is 1.01. The number of sulfonamides is 1. The molecule has 6 nitrogen and oxygen atoms in total. The lowest BCUT2D eigenvalue weighted by Gasteiger charge is -2.03. The van der Waals surface area contributed by atoms with Crippen molar-refractivity contribution < 1.29 is 13.5 Å². The second-order valence-corrected chi connectivity index (χ2v) is 4.54. The molecule has 0 amide bonds. The van der Waals surface area contributed by atoms with Crippen LogP contribution in [-0.4, -0.2) is 27.6 Å². The largest absolute Gasteiger partial charge is 0.506 e. The predicted molar refractivity (Wildman–Crippen MR) is 54.8 cm³/mol. The third kappa shape index (κ3) is 2.51. The van der Waals surface area contributed by atoms with E-state index in [-0.39, 0.29) is 16.3 Å². The van der Waals surface area contributed by atoms with Gasteiger partial charge in [0.25, 0.3) is 0 Å². The minimum Gasteiger partial charge on any atom is -0.506 e. The Morgan fingerprint density at radius 3 is 2.53 bits per heavy atom. The number of benzene rings is 1. The van der Waals surface area contributed by atoms with Crippen molar-refractivity contribution in [2.45, 2.75) is 4.90 Å². The Balaban J connectivity index is 3.24. The molecule has 82 valence electrons. The molecule has 0 saturated carbocycles. The molecule has 0 saturated heterocycles. The molecular weight excluding hydrogens is 218 g/mol. The number of nitrogens with zero attached hydrogens (tertiary/aromatic N) is 2. The van der Waals surface area contributed by atoms with E-state index in [2.05, 4.69) is 15.0 Å². The molecule has 1 aromatic rings. The number of hydrogen-bond acceptors (Lipinski definition) is 5. The topological polar surface area (TPSA) is 91.1 Å². The van der Waals surface area contributed by atoms with Crippen molar-refractivity contribution in [3.05, 3.63) is 18.2 Å². The zero-order valence-corrected chi connectivity index (χ0v) is 9.11. The molecule has 0 fully saturated rings. The molecule has 0 spiro atoms. The van der Waals surface area contributed by atoms with Gasteiger partial charge in [0, 0.05) is 13.1 Å². The Hall–Kier alpha value is -1.47. The highest BCUT2D eigenvalue weighted by Gasteiger charge is 2.13. The fourth-order valence-electron chi connectivity index (χ4n) is 0.981. The van der Waals surface area contributed by atoms with Gasteiger partial charge >= 0.3 is 0 Å². The molecule has 0 aliphatic heterocycles. The molecule has 0 radical (unpaired) electrons. The zero-order valence-electron chi connectivity index (χ0n) is 8.30. The molecule has 2 N–H and O–H groups in total. The lowest BCUT2D eigenvalue weighted by atomic mass is 10.3. The van der Waals surface area contributed by atoms with Gasteiger partial charge in [-0.15, -0.1) is 0 Å². The van der Waals surface area contributed by atoms with E-state index in [1.54, 1.807) is 0 Å². The molecule has 1 rings (SSSR count). The Morgan fingerprint density at radius 1 is 1.40 bits per heavy atom. The summed E-state index contributed by atoms with van der Waals surface area (Å²) in [5.41, 5.74) is 0.229. The van der Waals surface area contributed by atoms with Crippen molar-refractivity contribution in [3.63, 3.8) is 0 Å². The summed E-state index contributed by atoms with van der Waals surface area (Å²) in [4.78, 5) is -0.0162. The Morgan fingerprint density at radius 2 is 2.07 bits per heavy atom. The maximum absolute atomic E-state index is 11.3. The van der Waals surface area contributed by atoms with Gasteiger partial charge in [0.2, 0.25) is 10.0 Å². The SMILES string of the molecule is CN=Nc1ccc(S(=O)(=O)NC)cc1O. The molecule has 0 atom stereocenters. The van der Waals surface area contributed by atoms with E-state index in [1.165, 1.54) is 26.2 Å². The van der Waals surface area contributed by atoms with Gasteiger partial charge in [-0.25, -0.2) is 13.1 Å². The number of phenols is 1. The van der Waals surface area contributed by atoms with Gasteiger partial charge in [-0.1, -0.05) is 0 Å². The first-order valence-electron chi connectivity index (χ1n) is 4.07. The standard InChI is InChI=1S/C8H11N3O3S/c1-9-11-7-4-3-6(5-8(7)12)15(13,14)10-2/h3-5,10,12H,1-2H3. The number of hydrogen-bond donors (Lipinski definition) is 2. The number of aromatic hydroxyl groups is 1. The summed E-state index contributed by atoms with van der Waals surface area (Å²) < 4.78 is 24.8.